The van der Waals surface area contributed by atoms with Gasteiger partial charge in [-0.15, -0.1) is 0 Å². The van der Waals surface area contributed by atoms with Gasteiger partial charge in [-0.3, -0.25) is 5.84 Å². The molecule has 0 fully saturated rings. The maximum absolute atomic E-state index is 5.85. The molecule has 2 nitrogen and oxygen atoms in total. The van der Waals surface area contributed by atoms with Crippen molar-refractivity contribution in [1.82, 2.24) is 5.43 Å². The normalized spacial score (nSPS) is 15.2. The maximum Gasteiger partial charge on any atom is 0.0712 e. The van der Waals surface area contributed by atoms with E-state index in [0.717, 1.165) is 0 Å². The van der Waals surface area contributed by atoms with Gasteiger partial charge in [0.1, 0.15) is 0 Å². The van der Waals surface area contributed by atoms with Crippen LogP contribution in [0.5, 0.6) is 0 Å². The lowest BCUT2D eigenvalue weighted by Crippen LogP contribution is -2.29. The molecule has 1 atom stereocenters. The summed E-state index contributed by atoms with van der Waals surface area (Å²) in [5.74, 6) is 5.85. The lowest BCUT2D eigenvalue weighted by atomic mass is 9.91. The third-order valence-corrected chi connectivity index (χ3v) is 4.58. The number of hydrogen-bond donors (Lipinski definition) is 2. The number of hydrazine groups is 1. The van der Waals surface area contributed by atoms with Crippen LogP contribution in [0.4, 0.5) is 0 Å². The summed E-state index contributed by atoms with van der Waals surface area (Å²) in [6, 6.07) is 13.3. The minimum absolute atomic E-state index is 0.0702. The second kappa shape index (κ2) is 5.39. The van der Waals surface area contributed by atoms with Crippen molar-refractivity contribution in [3.63, 3.8) is 0 Å². The molecule has 0 saturated heterocycles. The second-order valence-electron chi connectivity index (χ2n) is 5.77. The first-order valence-corrected chi connectivity index (χ1v) is 7.34. The standard InChI is InChI=1S/C18H22N2/c1-12-5-3-8-17(13(12)2)18(20-19)16-10-9-14-6-4-7-15(14)11-16/h3,5,8-11,18,20H,4,6-7,19H2,1-2H3. The smallest absolute Gasteiger partial charge is 0.0712 e. The third-order valence-electron chi connectivity index (χ3n) is 4.58. The fourth-order valence-electron chi connectivity index (χ4n) is 3.22. The number of nitrogens with two attached hydrogens (primary N) is 1. The minimum Gasteiger partial charge on any atom is -0.271 e. The molecule has 0 amide bonds. The van der Waals surface area contributed by atoms with Crippen molar-refractivity contribution >= 4 is 0 Å². The van der Waals surface area contributed by atoms with Crippen molar-refractivity contribution in [3.05, 3.63) is 69.8 Å². The van der Waals surface area contributed by atoms with Gasteiger partial charge in [-0.05, 0) is 66.5 Å². The average Bonchev–Trinajstić information content (AvgIpc) is 2.92. The highest BCUT2D eigenvalue weighted by atomic mass is 15.2. The number of benzene rings is 2. The van der Waals surface area contributed by atoms with Crippen LogP contribution in [0.15, 0.2) is 36.4 Å². The third kappa shape index (κ3) is 2.26. The van der Waals surface area contributed by atoms with Crippen LogP contribution in [0.3, 0.4) is 0 Å². The first-order chi connectivity index (χ1) is 9.70. The van der Waals surface area contributed by atoms with E-state index in [4.69, 9.17) is 5.84 Å². The molecular weight excluding hydrogens is 244 g/mol. The molecule has 0 bridgehead atoms. The molecule has 104 valence electrons. The van der Waals surface area contributed by atoms with Crippen molar-refractivity contribution in [2.45, 2.75) is 39.2 Å². The number of fused-ring (bicyclic) bond motifs is 1. The Kier molecular flexibility index (Phi) is 3.60. The van der Waals surface area contributed by atoms with Crippen LogP contribution >= 0.6 is 0 Å². The summed E-state index contributed by atoms with van der Waals surface area (Å²) in [5.41, 5.74) is 11.2. The molecule has 0 aromatic heterocycles. The Morgan fingerprint density at radius 1 is 1.05 bits per heavy atom. The summed E-state index contributed by atoms with van der Waals surface area (Å²) in [7, 11) is 0. The van der Waals surface area contributed by atoms with E-state index in [2.05, 4.69) is 55.7 Å². The van der Waals surface area contributed by atoms with Crippen LogP contribution in [0, 0.1) is 13.8 Å². The van der Waals surface area contributed by atoms with Crippen LogP contribution < -0.4 is 11.3 Å². The van der Waals surface area contributed by atoms with Crippen LogP contribution in [0.1, 0.15) is 45.8 Å². The maximum atomic E-state index is 5.85. The highest BCUT2D eigenvalue weighted by Crippen LogP contribution is 2.30. The van der Waals surface area contributed by atoms with Gasteiger partial charge in [0.05, 0.1) is 6.04 Å². The Bertz CT molecular complexity index is 631. The number of nitrogens with one attached hydrogen (secondary N) is 1. The van der Waals surface area contributed by atoms with E-state index < -0.39 is 0 Å². The van der Waals surface area contributed by atoms with Gasteiger partial charge in [0.2, 0.25) is 0 Å². The topological polar surface area (TPSA) is 38.0 Å². The molecule has 0 saturated carbocycles. The van der Waals surface area contributed by atoms with E-state index in [1.54, 1.807) is 0 Å². The van der Waals surface area contributed by atoms with E-state index in [1.165, 1.54) is 52.6 Å². The number of aryl methyl sites for hydroxylation is 3. The van der Waals surface area contributed by atoms with E-state index in [-0.39, 0.29) is 6.04 Å². The summed E-state index contributed by atoms with van der Waals surface area (Å²) in [6.45, 7) is 4.32. The van der Waals surface area contributed by atoms with Crippen molar-refractivity contribution in [3.8, 4) is 0 Å². The van der Waals surface area contributed by atoms with Crippen molar-refractivity contribution < 1.29 is 0 Å². The second-order valence-corrected chi connectivity index (χ2v) is 5.77. The van der Waals surface area contributed by atoms with E-state index in [9.17, 15) is 0 Å². The van der Waals surface area contributed by atoms with Gasteiger partial charge in [-0.2, -0.15) is 0 Å². The first kappa shape index (κ1) is 13.3. The van der Waals surface area contributed by atoms with Crippen LogP contribution in [-0.2, 0) is 12.8 Å². The highest BCUT2D eigenvalue weighted by molar-refractivity contribution is 5.43. The monoisotopic (exact) mass is 266 g/mol. The van der Waals surface area contributed by atoms with Crippen LogP contribution in [-0.4, -0.2) is 0 Å². The fourth-order valence-corrected chi connectivity index (χ4v) is 3.22. The van der Waals surface area contributed by atoms with Gasteiger partial charge in [0.25, 0.3) is 0 Å². The van der Waals surface area contributed by atoms with Gasteiger partial charge in [0, 0.05) is 0 Å². The molecule has 3 rings (SSSR count). The number of hydrogen-bond acceptors (Lipinski definition) is 2. The Morgan fingerprint density at radius 2 is 1.85 bits per heavy atom. The summed E-state index contributed by atoms with van der Waals surface area (Å²) in [4.78, 5) is 0. The van der Waals surface area contributed by atoms with Crippen molar-refractivity contribution in [2.75, 3.05) is 0 Å². The summed E-state index contributed by atoms with van der Waals surface area (Å²) < 4.78 is 0. The summed E-state index contributed by atoms with van der Waals surface area (Å²) in [6.07, 6.45) is 3.70. The molecule has 2 aromatic rings. The quantitative estimate of drug-likeness (QED) is 0.660. The number of rotatable bonds is 3. The zero-order valence-electron chi connectivity index (χ0n) is 12.2. The fraction of sp³-hybridized carbons (Fsp3) is 0.333. The molecule has 0 spiro atoms. The van der Waals surface area contributed by atoms with Gasteiger partial charge >= 0.3 is 0 Å². The zero-order chi connectivity index (χ0) is 14.1. The summed E-state index contributed by atoms with van der Waals surface area (Å²) in [5, 5.41) is 0. The SMILES string of the molecule is Cc1cccc(C(NN)c2ccc3c(c2)CCC3)c1C. The average molecular weight is 266 g/mol. The Hall–Kier alpha value is -1.64. The molecule has 2 heteroatoms. The van der Waals surface area contributed by atoms with Crippen molar-refractivity contribution in [1.29, 1.82) is 0 Å². The predicted octanol–water partition coefficient (Wildman–Crippen LogP) is 3.34. The molecule has 0 heterocycles. The largest absolute Gasteiger partial charge is 0.271 e. The molecule has 1 aliphatic rings. The molecule has 0 aliphatic heterocycles. The van der Waals surface area contributed by atoms with E-state index in [1.807, 2.05) is 0 Å². The molecule has 3 N–H and O–H groups in total. The molecule has 1 aliphatic carbocycles. The Balaban J connectivity index is 2.03. The van der Waals surface area contributed by atoms with Gasteiger partial charge in [-0.25, -0.2) is 5.43 Å². The molecule has 1 unspecified atom stereocenters. The highest BCUT2D eigenvalue weighted by Gasteiger charge is 2.18. The van der Waals surface area contributed by atoms with Gasteiger partial charge < -0.3 is 0 Å². The van der Waals surface area contributed by atoms with E-state index in [0.29, 0.717) is 0 Å². The molecule has 2 aromatic carbocycles. The molecular formula is C18H22N2. The lowest BCUT2D eigenvalue weighted by Gasteiger charge is -2.21. The van der Waals surface area contributed by atoms with Crippen LogP contribution in [0.2, 0.25) is 0 Å². The minimum atomic E-state index is 0.0702. The molecule has 0 radical (unpaired) electrons. The van der Waals surface area contributed by atoms with Gasteiger partial charge in [0.15, 0.2) is 0 Å². The summed E-state index contributed by atoms with van der Waals surface area (Å²) >= 11 is 0. The molecule has 20 heavy (non-hydrogen) atoms. The van der Waals surface area contributed by atoms with Crippen molar-refractivity contribution in [2.24, 2.45) is 5.84 Å². The van der Waals surface area contributed by atoms with Gasteiger partial charge in [-0.1, -0.05) is 36.4 Å². The predicted molar refractivity (Wildman–Crippen MR) is 83.5 cm³/mol. The lowest BCUT2D eigenvalue weighted by molar-refractivity contribution is 0.632. The zero-order valence-corrected chi connectivity index (χ0v) is 12.2. The Morgan fingerprint density at radius 3 is 2.65 bits per heavy atom. The van der Waals surface area contributed by atoms with Crippen LogP contribution in [0.25, 0.3) is 0 Å². The Labute approximate surface area is 121 Å². The van der Waals surface area contributed by atoms with E-state index >= 15 is 0 Å². The first-order valence-electron chi connectivity index (χ1n) is 7.34.